The van der Waals surface area contributed by atoms with Crippen LogP contribution in [0.15, 0.2) is 34.9 Å². The third kappa shape index (κ3) is 3.92. The van der Waals surface area contributed by atoms with Gasteiger partial charge in [0.1, 0.15) is 6.26 Å². The van der Waals surface area contributed by atoms with Crippen LogP contribution in [0.5, 0.6) is 0 Å². The molecule has 1 aromatic heterocycles. The minimum Gasteiger partial charge on any atom is -0.444 e. The Hall–Kier alpha value is -1.85. The fourth-order valence-electron chi connectivity index (χ4n) is 2.82. The number of oxazole rings is 1. The number of aliphatic hydroxyl groups is 1. The maximum absolute atomic E-state index is 12.4. The third-order valence-corrected chi connectivity index (χ3v) is 4.36. The molecule has 1 aromatic carbocycles. The van der Waals surface area contributed by atoms with Crippen molar-refractivity contribution >= 4 is 17.5 Å². The predicted octanol–water partition coefficient (Wildman–Crippen LogP) is 2.77. The number of nitrogens with zero attached hydrogens (tertiary/aromatic N) is 2. The van der Waals surface area contributed by atoms with E-state index in [2.05, 4.69) is 4.98 Å². The van der Waals surface area contributed by atoms with E-state index in [1.165, 1.54) is 6.26 Å². The van der Waals surface area contributed by atoms with Crippen molar-refractivity contribution in [3.8, 4) is 11.5 Å². The van der Waals surface area contributed by atoms with Gasteiger partial charge >= 0.3 is 0 Å². The summed E-state index contributed by atoms with van der Waals surface area (Å²) in [5, 5.41) is 9.91. The second-order valence-corrected chi connectivity index (χ2v) is 6.29. The van der Waals surface area contributed by atoms with Gasteiger partial charge in [-0.25, -0.2) is 4.98 Å². The molecule has 1 unspecified atom stereocenters. The van der Waals surface area contributed by atoms with Gasteiger partial charge in [0.2, 0.25) is 11.8 Å². The lowest BCUT2D eigenvalue weighted by Gasteiger charge is -2.31. The highest BCUT2D eigenvalue weighted by Gasteiger charge is 2.23. The van der Waals surface area contributed by atoms with Crippen LogP contribution in [0.4, 0.5) is 0 Å². The van der Waals surface area contributed by atoms with E-state index in [1.807, 2.05) is 12.1 Å². The van der Waals surface area contributed by atoms with Crippen molar-refractivity contribution in [3.63, 3.8) is 0 Å². The molecule has 3 rings (SSSR count). The lowest BCUT2D eigenvalue weighted by Crippen LogP contribution is -2.41. The van der Waals surface area contributed by atoms with Gasteiger partial charge in [0, 0.05) is 30.3 Å². The number of aromatic nitrogens is 1. The van der Waals surface area contributed by atoms with E-state index < -0.39 is 0 Å². The van der Waals surface area contributed by atoms with Gasteiger partial charge in [-0.05, 0) is 43.0 Å². The average Bonchev–Trinajstić information content (AvgIpc) is 3.04. The number of carbonyl (C=O) groups is 1. The van der Waals surface area contributed by atoms with E-state index >= 15 is 0 Å². The van der Waals surface area contributed by atoms with E-state index in [9.17, 15) is 9.90 Å². The van der Waals surface area contributed by atoms with Gasteiger partial charge in [-0.3, -0.25) is 4.79 Å². The summed E-state index contributed by atoms with van der Waals surface area (Å²) in [6.45, 7) is 1.50. The predicted molar refractivity (Wildman–Crippen MR) is 87.0 cm³/mol. The van der Waals surface area contributed by atoms with Gasteiger partial charge in [-0.1, -0.05) is 11.6 Å². The smallest absolute Gasteiger partial charge is 0.228 e. The molecule has 5 nitrogen and oxygen atoms in total. The summed E-state index contributed by atoms with van der Waals surface area (Å²) in [7, 11) is 0. The van der Waals surface area contributed by atoms with E-state index in [0.717, 1.165) is 24.9 Å². The minimum atomic E-state index is 0.0270. The Kier molecular flexibility index (Phi) is 4.98. The second-order valence-electron chi connectivity index (χ2n) is 5.86. The molecule has 0 saturated carbocycles. The van der Waals surface area contributed by atoms with Crippen molar-refractivity contribution in [1.82, 2.24) is 9.88 Å². The Labute approximate surface area is 139 Å². The molecule has 2 heterocycles. The largest absolute Gasteiger partial charge is 0.444 e. The van der Waals surface area contributed by atoms with E-state index in [-0.39, 0.29) is 24.9 Å². The van der Waals surface area contributed by atoms with E-state index in [1.54, 1.807) is 17.0 Å². The molecule has 1 amide bonds. The van der Waals surface area contributed by atoms with Crippen LogP contribution in [-0.2, 0) is 11.2 Å². The first kappa shape index (κ1) is 16.0. The summed E-state index contributed by atoms with van der Waals surface area (Å²) >= 11 is 5.86. The Morgan fingerprint density at radius 1 is 1.39 bits per heavy atom. The van der Waals surface area contributed by atoms with Crippen molar-refractivity contribution < 1.29 is 14.3 Å². The monoisotopic (exact) mass is 334 g/mol. The normalized spacial score (nSPS) is 18.2. The first-order valence-electron chi connectivity index (χ1n) is 7.74. The highest BCUT2D eigenvalue weighted by Crippen LogP contribution is 2.22. The van der Waals surface area contributed by atoms with Crippen LogP contribution in [0.3, 0.4) is 0 Å². The molecule has 0 aliphatic carbocycles. The lowest BCUT2D eigenvalue weighted by molar-refractivity contribution is -0.132. The zero-order valence-corrected chi connectivity index (χ0v) is 13.5. The maximum atomic E-state index is 12.4. The molecule has 1 atom stereocenters. The molecule has 1 fully saturated rings. The molecule has 6 heteroatoms. The number of hydrogen-bond acceptors (Lipinski definition) is 4. The first-order valence-corrected chi connectivity index (χ1v) is 8.12. The number of likely N-dealkylation sites (tertiary alicyclic amines) is 1. The molecule has 1 saturated heterocycles. The van der Waals surface area contributed by atoms with Crippen LogP contribution in [0.25, 0.3) is 11.5 Å². The number of benzene rings is 1. The fourth-order valence-corrected chi connectivity index (χ4v) is 2.95. The molecule has 1 aliphatic rings. The lowest BCUT2D eigenvalue weighted by atomic mass is 9.99. The quantitative estimate of drug-likeness (QED) is 0.933. The number of carbonyl (C=O) groups excluding carboxylic acids is 1. The van der Waals surface area contributed by atoms with Crippen molar-refractivity contribution in [3.05, 3.63) is 41.2 Å². The molecule has 0 radical (unpaired) electrons. The van der Waals surface area contributed by atoms with Gasteiger partial charge in [0.15, 0.2) is 0 Å². The van der Waals surface area contributed by atoms with Gasteiger partial charge in [0.25, 0.3) is 0 Å². The highest BCUT2D eigenvalue weighted by molar-refractivity contribution is 6.30. The summed E-state index contributed by atoms with van der Waals surface area (Å²) in [4.78, 5) is 18.5. The third-order valence-electron chi connectivity index (χ3n) is 4.11. The summed E-state index contributed by atoms with van der Waals surface area (Å²) < 4.78 is 5.46. The SMILES string of the molecule is O=C(Cc1coc(-c2ccc(Cl)cc2)n1)N1CCCC(CO)C1. The molecular formula is C17H19ClN2O3. The molecule has 0 bridgehead atoms. The fraction of sp³-hybridized carbons (Fsp3) is 0.412. The molecule has 1 aliphatic heterocycles. The van der Waals surface area contributed by atoms with Gasteiger partial charge in [0.05, 0.1) is 12.1 Å². The summed E-state index contributed by atoms with van der Waals surface area (Å²) in [6.07, 6.45) is 3.65. The Bertz CT molecular complexity index is 669. The van der Waals surface area contributed by atoms with Crippen LogP contribution in [-0.4, -0.2) is 40.6 Å². The molecular weight excluding hydrogens is 316 g/mol. The van der Waals surface area contributed by atoms with E-state index in [4.69, 9.17) is 16.0 Å². The van der Waals surface area contributed by atoms with Gasteiger partial charge < -0.3 is 14.4 Å². The topological polar surface area (TPSA) is 66.6 Å². The number of piperidine rings is 1. The first-order chi connectivity index (χ1) is 11.2. The molecule has 1 N–H and O–H groups in total. The van der Waals surface area contributed by atoms with Crippen molar-refractivity contribution in [2.24, 2.45) is 5.92 Å². The summed E-state index contributed by atoms with van der Waals surface area (Å²) in [5.41, 5.74) is 1.44. The van der Waals surface area contributed by atoms with Crippen LogP contribution < -0.4 is 0 Å². The van der Waals surface area contributed by atoms with Crippen molar-refractivity contribution in [2.45, 2.75) is 19.3 Å². The van der Waals surface area contributed by atoms with Crippen LogP contribution >= 0.6 is 11.6 Å². The minimum absolute atomic E-state index is 0.0270. The Morgan fingerprint density at radius 3 is 2.91 bits per heavy atom. The Balaban J connectivity index is 1.64. The number of halogens is 1. The van der Waals surface area contributed by atoms with Crippen LogP contribution in [0, 0.1) is 5.92 Å². The van der Waals surface area contributed by atoms with Gasteiger partial charge in [-0.15, -0.1) is 0 Å². The highest BCUT2D eigenvalue weighted by atomic mass is 35.5. The standard InChI is InChI=1S/C17H19ClN2O3/c18-14-5-3-13(4-6-14)17-19-15(11-23-17)8-16(22)20-7-1-2-12(9-20)10-21/h3-6,11-12,21H,1-2,7-10H2. The maximum Gasteiger partial charge on any atom is 0.228 e. The number of amides is 1. The molecule has 0 spiro atoms. The number of aliphatic hydroxyl groups excluding tert-OH is 1. The zero-order valence-electron chi connectivity index (χ0n) is 12.7. The van der Waals surface area contributed by atoms with Gasteiger partial charge in [-0.2, -0.15) is 0 Å². The summed E-state index contributed by atoms with van der Waals surface area (Å²) in [5.74, 6) is 0.699. The zero-order chi connectivity index (χ0) is 16.2. The average molecular weight is 335 g/mol. The van der Waals surface area contributed by atoms with Crippen molar-refractivity contribution in [1.29, 1.82) is 0 Å². The van der Waals surface area contributed by atoms with Crippen molar-refractivity contribution in [2.75, 3.05) is 19.7 Å². The molecule has 23 heavy (non-hydrogen) atoms. The number of hydrogen-bond donors (Lipinski definition) is 1. The molecule has 122 valence electrons. The van der Waals surface area contributed by atoms with Crippen LogP contribution in [0.1, 0.15) is 18.5 Å². The summed E-state index contributed by atoms with van der Waals surface area (Å²) in [6, 6.07) is 7.20. The van der Waals surface area contributed by atoms with Crippen LogP contribution in [0.2, 0.25) is 5.02 Å². The van der Waals surface area contributed by atoms with E-state index in [0.29, 0.717) is 23.2 Å². The molecule has 2 aromatic rings. The Morgan fingerprint density at radius 2 is 2.17 bits per heavy atom. The second kappa shape index (κ2) is 7.15. The number of rotatable bonds is 4.